The maximum Gasteiger partial charge on any atom is 0.253 e. The van der Waals surface area contributed by atoms with Gasteiger partial charge in [0.25, 0.3) is 5.91 Å². The van der Waals surface area contributed by atoms with Crippen LogP contribution in [0.15, 0.2) is 42.6 Å². The Morgan fingerprint density at radius 1 is 1.07 bits per heavy atom. The van der Waals surface area contributed by atoms with Crippen molar-refractivity contribution in [2.24, 2.45) is 11.3 Å². The first-order valence-corrected chi connectivity index (χ1v) is 15.9. The van der Waals surface area contributed by atoms with E-state index in [0.29, 0.717) is 6.04 Å². The van der Waals surface area contributed by atoms with Gasteiger partial charge in [-0.05, 0) is 112 Å². The number of H-pyrrole nitrogens is 1. The lowest BCUT2D eigenvalue weighted by atomic mass is 9.56. The quantitative estimate of drug-likeness (QED) is 0.394. The molecule has 1 aromatic heterocycles. The van der Waals surface area contributed by atoms with E-state index in [1.54, 1.807) is 7.11 Å². The Morgan fingerprint density at radius 2 is 1.83 bits per heavy atom. The first kappa shape index (κ1) is 27.5. The van der Waals surface area contributed by atoms with Gasteiger partial charge in [-0.1, -0.05) is 12.1 Å². The number of piperidine rings is 2. The lowest BCUT2D eigenvalue weighted by Gasteiger charge is -2.53. The number of carbonyl (C=O) groups excluding carboxylic acids is 1. The summed E-state index contributed by atoms with van der Waals surface area (Å²) in [6, 6.07) is 16.2. The van der Waals surface area contributed by atoms with Crippen molar-refractivity contribution in [2.45, 2.75) is 70.5 Å². The summed E-state index contributed by atoms with van der Waals surface area (Å²) in [5.41, 5.74) is 5.88. The van der Waals surface area contributed by atoms with Crippen molar-refractivity contribution in [2.75, 3.05) is 39.8 Å². The smallest absolute Gasteiger partial charge is 0.253 e. The Kier molecular flexibility index (Phi) is 7.24. The lowest BCUT2D eigenvalue weighted by molar-refractivity contribution is -0.0298. The molecule has 220 valence electrons. The van der Waals surface area contributed by atoms with Crippen LogP contribution in [0.2, 0.25) is 0 Å². The molecule has 3 aromatic rings. The van der Waals surface area contributed by atoms with Crippen molar-refractivity contribution in [3.8, 4) is 11.8 Å². The largest absolute Gasteiger partial charge is 0.496 e. The number of benzene rings is 2. The predicted octanol–water partition coefficient (Wildman–Crippen LogP) is 6.05. The average molecular weight is 566 g/mol. The van der Waals surface area contributed by atoms with E-state index >= 15 is 0 Å². The topological polar surface area (TPSA) is 75.6 Å². The van der Waals surface area contributed by atoms with Crippen LogP contribution in [0.1, 0.15) is 78.0 Å². The Balaban J connectivity index is 1.12. The van der Waals surface area contributed by atoms with E-state index in [0.717, 1.165) is 76.0 Å². The number of likely N-dealkylation sites (tertiary alicyclic amines) is 3. The Hall–Kier alpha value is -3.34. The molecular weight excluding hydrogens is 522 g/mol. The molecule has 1 saturated carbocycles. The number of carbonyl (C=O) groups is 1. The van der Waals surface area contributed by atoms with E-state index in [-0.39, 0.29) is 23.3 Å². The molecule has 7 rings (SSSR count). The number of methoxy groups -OCH3 is 1. The predicted molar refractivity (Wildman–Crippen MR) is 164 cm³/mol. The number of hydrogen-bond acceptors (Lipinski definition) is 5. The zero-order valence-electron chi connectivity index (χ0n) is 25.1. The summed E-state index contributed by atoms with van der Waals surface area (Å²) < 4.78 is 5.90. The molecule has 0 radical (unpaired) electrons. The van der Waals surface area contributed by atoms with Crippen molar-refractivity contribution in [1.82, 2.24) is 19.7 Å². The van der Waals surface area contributed by atoms with E-state index < -0.39 is 0 Å². The Labute approximate surface area is 249 Å². The Bertz CT molecular complexity index is 1490. The number of nitrogens with one attached hydrogen (secondary N) is 1. The molecule has 1 atom stereocenters. The van der Waals surface area contributed by atoms with Crippen molar-refractivity contribution >= 4 is 16.8 Å². The van der Waals surface area contributed by atoms with E-state index in [1.807, 2.05) is 18.3 Å². The molecule has 1 amide bonds. The van der Waals surface area contributed by atoms with E-state index in [9.17, 15) is 10.1 Å². The first-order chi connectivity index (χ1) is 20.5. The van der Waals surface area contributed by atoms with Gasteiger partial charge < -0.3 is 19.5 Å². The van der Waals surface area contributed by atoms with Crippen LogP contribution in [-0.4, -0.2) is 71.5 Å². The van der Waals surface area contributed by atoms with Gasteiger partial charge in [0.05, 0.1) is 13.2 Å². The molecular formula is C35H43N5O2. The number of aromatic nitrogens is 1. The van der Waals surface area contributed by atoms with Crippen LogP contribution in [-0.2, 0) is 6.54 Å². The van der Waals surface area contributed by atoms with Gasteiger partial charge in [-0.25, -0.2) is 0 Å². The Morgan fingerprint density at radius 3 is 2.50 bits per heavy atom. The molecule has 3 saturated heterocycles. The summed E-state index contributed by atoms with van der Waals surface area (Å²) in [4.78, 5) is 24.1. The number of rotatable bonds is 6. The summed E-state index contributed by atoms with van der Waals surface area (Å²) in [5, 5.41) is 10.7. The average Bonchev–Trinajstić information content (AvgIpc) is 3.48. The minimum absolute atomic E-state index is 0.163. The fraction of sp³-hybridized carbons (Fsp3) is 0.543. The van der Waals surface area contributed by atoms with Gasteiger partial charge in [0.2, 0.25) is 0 Å². The van der Waals surface area contributed by atoms with E-state index in [2.05, 4.69) is 56.9 Å². The lowest BCUT2D eigenvalue weighted by Crippen LogP contribution is -2.51. The highest BCUT2D eigenvalue weighted by molar-refractivity contribution is 5.94. The minimum atomic E-state index is 0.163. The van der Waals surface area contributed by atoms with Gasteiger partial charge in [0.1, 0.15) is 5.75 Å². The molecule has 3 aliphatic heterocycles. The summed E-state index contributed by atoms with van der Waals surface area (Å²) in [6.07, 6.45) is 9.69. The highest BCUT2D eigenvalue weighted by Crippen LogP contribution is 2.57. The zero-order chi connectivity index (χ0) is 28.8. The second-order valence-electron chi connectivity index (χ2n) is 13.4. The van der Waals surface area contributed by atoms with Crippen LogP contribution < -0.4 is 4.74 Å². The van der Waals surface area contributed by atoms with Crippen molar-refractivity contribution in [1.29, 1.82) is 5.26 Å². The number of ether oxygens (including phenoxy) is 1. The van der Waals surface area contributed by atoms with Gasteiger partial charge in [-0.15, -0.1) is 0 Å². The van der Waals surface area contributed by atoms with E-state index in [4.69, 9.17) is 4.74 Å². The minimum Gasteiger partial charge on any atom is -0.496 e. The molecule has 7 nitrogen and oxygen atoms in total. The fourth-order valence-electron chi connectivity index (χ4n) is 8.30. The van der Waals surface area contributed by atoms with Gasteiger partial charge in [-0.3, -0.25) is 9.69 Å². The molecule has 4 aliphatic rings. The first-order valence-electron chi connectivity index (χ1n) is 15.9. The SMILES string of the molecule is COc1cc(C)c2[nH]ccc2c1CN1CCC2(CC(C#N)C2)CC1c1ccc(C(=O)N2CCC(N3CCC3)CC2)cc1. The molecule has 1 unspecified atom stereocenters. The van der Waals surface area contributed by atoms with Gasteiger partial charge in [0, 0.05) is 65.9 Å². The zero-order valence-corrected chi connectivity index (χ0v) is 25.1. The number of nitriles is 1. The monoisotopic (exact) mass is 565 g/mol. The second-order valence-corrected chi connectivity index (χ2v) is 13.4. The number of fused-ring (bicyclic) bond motifs is 1. The molecule has 42 heavy (non-hydrogen) atoms. The summed E-state index contributed by atoms with van der Waals surface area (Å²) >= 11 is 0. The molecule has 1 aliphatic carbocycles. The van der Waals surface area contributed by atoms with Gasteiger partial charge in [-0.2, -0.15) is 5.26 Å². The highest BCUT2D eigenvalue weighted by Gasteiger charge is 2.49. The number of nitrogens with zero attached hydrogens (tertiary/aromatic N) is 4. The van der Waals surface area contributed by atoms with Crippen LogP contribution >= 0.6 is 0 Å². The van der Waals surface area contributed by atoms with Gasteiger partial charge in [0.15, 0.2) is 0 Å². The molecule has 0 bridgehead atoms. The fourth-order valence-corrected chi connectivity index (χ4v) is 8.30. The second kappa shape index (κ2) is 11.1. The number of aromatic amines is 1. The van der Waals surface area contributed by atoms with E-state index in [1.165, 1.54) is 47.1 Å². The standard InChI is InChI=1S/C35H43N5O2/c1-24-18-32(42-2)30(29-8-12-37-33(24)29)23-40-17-11-35(19-25(20-35)22-36)21-31(40)26-4-6-27(7-5-26)34(41)39-15-9-28(10-16-39)38-13-3-14-38/h4-8,12,18,25,28,31,37H,3,9-11,13-17,19-21,23H2,1-2H3. The molecule has 1 N–H and O–H groups in total. The van der Waals surface area contributed by atoms with Crippen molar-refractivity contribution in [3.63, 3.8) is 0 Å². The van der Waals surface area contributed by atoms with Crippen LogP contribution in [0.4, 0.5) is 0 Å². The molecule has 2 aromatic carbocycles. The third-order valence-electron chi connectivity index (χ3n) is 10.9. The molecule has 7 heteroatoms. The maximum atomic E-state index is 13.4. The summed E-state index contributed by atoms with van der Waals surface area (Å²) in [7, 11) is 1.76. The third kappa shape index (κ3) is 4.89. The van der Waals surface area contributed by atoms with Gasteiger partial charge >= 0.3 is 0 Å². The number of amides is 1. The summed E-state index contributed by atoms with van der Waals surface area (Å²) in [6.45, 7) is 8.07. The number of aryl methyl sites for hydroxylation is 1. The van der Waals surface area contributed by atoms with Crippen molar-refractivity contribution in [3.05, 3.63) is 64.8 Å². The van der Waals surface area contributed by atoms with Crippen LogP contribution in [0, 0.1) is 29.6 Å². The van der Waals surface area contributed by atoms with Crippen molar-refractivity contribution < 1.29 is 9.53 Å². The normalized spacial score (nSPS) is 27.0. The maximum absolute atomic E-state index is 13.4. The van der Waals surface area contributed by atoms with Crippen LogP contribution in [0.25, 0.3) is 10.9 Å². The molecule has 1 spiro atoms. The van der Waals surface area contributed by atoms with Crippen LogP contribution in [0.5, 0.6) is 5.75 Å². The highest BCUT2D eigenvalue weighted by atomic mass is 16.5. The molecule has 4 fully saturated rings. The third-order valence-corrected chi connectivity index (χ3v) is 10.9. The number of hydrogen-bond donors (Lipinski definition) is 1. The summed E-state index contributed by atoms with van der Waals surface area (Å²) in [5.74, 6) is 1.29. The molecule has 4 heterocycles. The van der Waals surface area contributed by atoms with Crippen LogP contribution in [0.3, 0.4) is 0 Å².